The van der Waals surface area contributed by atoms with Crippen LogP contribution in [0.1, 0.15) is 50.6 Å². The van der Waals surface area contributed by atoms with Crippen molar-refractivity contribution in [2.24, 2.45) is 5.92 Å². The highest BCUT2D eigenvalue weighted by Gasteiger charge is 2.13. The van der Waals surface area contributed by atoms with Gasteiger partial charge < -0.3 is 5.32 Å². The molecular weight excluding hydrogens is 238 g/mol. The SMILES string of the molecule is CCCNC(=O)CCc1c(C)nn(CC(C)C)c1C. The van der Waals surface area contributed by atoms with E-state index in [-0.39, 0.29) is 5.91 Å². The highest BCUT2D eigenvalue weighted by Crippen LogP contribution is 2.16. The molecule has 1 aromatic heterocycles. The van der Waals surface area contributed by atoms with Gasteiger partial charge in [0.15, 0.2) is 0 Å². The van der Waals surface area contributed by atoms with Gasteiger partial charge in [0.1, 0.15) is 0 Å². The molecule has 0 aliphatic heterocycles. The van der Waals surface area contributed by atoms with Gasteiger partial charge in [0, 0.05) is 25.2 Å². The Morgan fingerprint density at radius 1 is 1.37 bits per heavy atom. The molecule has 4 heteroatoms. The molecule has 0 saturated carbocycles. The molecule has 1 N–H and O–H groups in total. The lowest BCUT2D eigenvalue weighted by atomic mass is 10.1. The van der Waals surface area contributed by atoms with Gasteiger partial charge >= 0.3 is 0 Å². The number of rotatable bonds is 7. The molecule has 0 unspecified atom stereocenters. The average molecular weight is 265 g/mol. The van der Waals surface area contributed by atoms with Gasteiger partial charge in [-0.15, -0.1) is 0 Å². The number of hydrogen-bond donors (Lipinski definition) is 1. The van der Waals surface area contributed by atoms with Crippen molar-refractivity contribution in [3.63, 3.8) is 0 Å². The topological polar surface area (TPSA) is 46.9 Å². The van der Waals surface area contributed by atoms with Gasteiger partial charge in [0.05, 0.1) is 5.69 Å². The van der Waals surface area contributed by atoms with Crippen LogP contribution in [0.25, 0.3) is 0 Å². The van der Waals surface area contributed by atoms with Gasteiger partial charge in [-0.05, 0) is 38.2 Å². The van der Waals surface area contributed by atoms with Crippen LogP contribution in [0, 0.1) is 19.8 Å². The van der Waals surface area contributed by atoms with Crippen molar-refractivity contribution in [1.29, 1.82) is 0 Å². The van der Waals surface area contributed by atoms with Crippen molar-refractivity contribution in [2.45, 2.75) is 60.4 Å². The third kappa shape index (κ3) is 4.69. The molecule has 0 bridgehead atoms. The van der Waals surface area contributed by atoms with Crippen molar-refractivity contribution in [1.82, 2.24) is 15.1 Å². The maximum absolute atomic E-state index is 11.6. The Bertz CT molecular complexity index is 421. The zero-order valence-corrected chi connectivity index (χ0v) is 12.9. The first-order valence-corrected chi connectivity index (χ1v) is 7.25. The summed E-state index contributed by atoms with van der Waals surface area (Å²) in [5.41, 5.74) is 3.49. The van der Waals surface area contributed by atoms with Crippen LogP contribution in [0.4, 0.5) is 0 Å². The van der Waals surface area contributed by atoms with Crippen LogP contribution < -0.4 is 5.32 Å². The standard InChI is InChI=1S/C15H27N3O/c1-6-9-16-15(19)8-7-14-12(4)17-18(13(14)5)10-11(2)3/h11H,6-10H2,1-5H3,(H,16,19). The Balaban J connectivity index is 2.63. The summed E-state index contributed by atoms with van der Waals surface area (Å²) in [6.45, 7) is 12.3. The smallest absolute Gasteiger partial charge is 0.220 e. The molecule has 1 rings (SSSR count). The number of amides is 1. The van der Waals surface area contributed by atoms with E-state index in [0.29, 0.717) is 12.3 Å². The van der Waals surface area contributed by atoms with Crippen LogP contribution >= 0.6 is 0 Å². The first kappa shape index (κ1) is 15.7. The number of hydrogen-bond acceptors (Lipinski definition) is 2. The summed E-state index contributed by atoms with van der Waals surface area (Å²) in [4.78, 5) is 11.6. The minimum atomic E-state index is 0.136. The van der Waals surface area contributed by atoms with Crippen molar-refractivity contribution in [3.8, 4) is 0 Å². The fourth-order valence-corrected chi connectivity index (χ4v) is 2.21. The number of aryl methyl sites for hydroxylation is 1. The maximum atomic E-state index is 11.6. The summed E-state index contributed by atoms with van der Waals surface area (Å²) < 4.78 is 2.07. The van der Waals surface area contributed by atoms with Crippen molar-refractivity contribution < 1.29 is 4.79 Å². The molecule has 19 heavy (non-hydrogen) atoms. The summed E-state index contributed by atoms with van der Waals surface area (Å²) in [6, 6.07) is 0. The van der Waals surface area contributed by atoms with Crippen LogP contribution in [-0.4, -0.2) is 22.2 Å². The Morgan fingerprint density at radius 3 is 2.63 bits per heavy atom. The van der Waals surface area contributed by atoms with E-state index in [2.05, 4.69) is 42.8 Å². The first-order chi connectivity index (χ1) is 8.95. The van der Waals surface area contributed by atoms with Crippen LogP contribution in [0.2, 0.25) is 0 Å². The molecule has 1 heterocycles. The van der Waals surface area contributed by atoms with E-state index in [1.807, 2.05) is 6.92 Å². The maximum Gasteiger partial charge on any atom is 0.220 e. The van der Waals surface area contributed by atoms with Crippen molar-refractivity contribution in [3.05, 3.63) is 17.0 Å². The largest absolute Gasteiger partial charge is 0.356 e. The number of aromatic nitrogens is 2. The van der Waals surface area contributed by atoms with Gasteiger partial charge in [0.25, 0.3) is 0 Å². The van der Waals surface area contributed by atoms with Crippen LogP contribution in [-0.2, 0) is 17.8 Å². The number of nitrogens with zero attached hydrogens (tertiary/aromatic N) is 2. The molecule has 4 nitrogen and oxygen atoms in total. The molecular formula is C15H27N3O. The normalized spacial score (nSPS) is 11.1. The van der Waals surface area contributed by atoms with E-state index in [1.54, 1.807) is 0 Å². The fourth-order valence-electron chi connectivity index (χ4n) is 2.21. The van der Waals surface area contributed by atoms with Gasteiger partial charge in [-0.2, -0.15) is 5.10 Å². The second-order valence-electron chi connectivity index (χ2n) is 5.58. The molecule has 0 aromatic carbocycles. The lowest BCUT2D eigenvalue weighted by Crippen LogP contribution is -2.24. The Hall–Kier alpha value is -1.32. The average Bonchev–Trinajstić information content (AvgIpc) is 2.59. The second kappa shape index (κ2) is 7.31. The lowest BCUT2D eigenvalue weighted by molar-refractivity contribution is -0.121. The molecule has 0 fully saturated rings. The van der Waals surface area contributed by atoms with Crippen molar-refractivity contribution in [2.75, 3.05) is 6.54 Å². The van der Waals surface area contributed by atoms with Crippen LogP contribution in [0.3, 0.4) is 0 Å². The Morgan fingerprint density at radius 2 is 2.05 bits per heavy atom. The van der Waals surface area contributed by atoms with Crippen LogP contribution in [0.5, 0.6) is 0 Å². The minimum absolute atomic E-state index is 0.136. The van der Waals surface area contributed by atoms with Gasteiger partial charge in [-0.25, -0.2) is 0 Å². The molecule has 1 aromatic rings. The van der Waals surface area contributed by atoms with Gasteiger partial charge in [-0.3, -0.25) is 9.48 Å². The summed E-state index contributed by atoms with van der Waals surface area (Å²) >= 11 is 0. The fraction of sp³-hybridized carbons (Fsp3) is 0.733. The summed E-state index contributed by atoms with van der Waals surface area (Å²) in [5, 5.41) is 7.49. The molecule has 1 amide bonds. The number of nitrogens with one attached hydrogen (secondary N) is 1. The Kier molecular flexibility index (Phi) is 6.06. The highest BCUT2D eigenvalue weighted by molar-refractivity contribution is 5.76. The van der Waals surface area contributed by atoms with Crippen LogP contribution in [0.15, 0.2) is 0 Å². The second-order valence-corrected chi connectivity index (χ2v) is 5.58. The molecule has 0 saturated heterocycles. The molecule has 0 spiro atoms. The third-order valence-corrected chi connectivity index (χ3v) is 3.24. The predicted molar refractivity (Wildman–Crippen MR) is 78.2 cm³/mol. The van der Waals surface area contributed by atoms with E-state index < -0.39 is 0 Å². The zero-order valence-electron chi connectivity index (χ0n) is 12.9. The minimum Gasteiger partial charge on any atom is -0.356 e. The van der Waals surface area contributed by atoms with Gasteiger partial charge in [0.2, 0.25) is 5.91 Å². The first-order valence-electron chi connectivity index (χ1n) is 7.25. The van der Waals surface area contributed by atoms with E-state index in [9.17, 15) is 4.79 Å². The van der Waals surface area contributed by atoms with E-state index in [1.165, 1.54) is 11.3 Å². The monoisotopic (exact) mass is 265 g/mol. The number of carbonyl (C=O) groups is 1. The summed E-state index contributed by atoms with van der Waals surface area (Å²) in [6.07, 6.45) is 2.32. The van der Waals surface area contributed by atoms with E-state index in [0.717, 1.165) is 31.6 Å². The predicted octanol–water partition coefficient (Wildman–Crippen LogP) is 2.61. The lowest BCUT2D eigenvalue weighted by Gasteiger charge is -2.08. The quantitative estimate of drug-likeness (QED) is 0.823. The highest BCUT2D eigenvalue weighted by atomic mass is 16.1. The zero-order chi connectivity index (χ0) is 14.4. The molecule has 0 radical (unpaired) electrons. The Labute approximate surface area is 116 Å². The van der Waals surface area contributed by atoms with E-state index >= 15 is 0 Å². The third-order valence-electron chi connectivity index (χ3n) is 3.24. The molecule has 0 aliphatic carbocycles. The molecule has 108 valence electrons. The van der Waals surface area contributed by atoms with E-state index in [4.69, 9.17) is 0 Å². The molecule has 0 atom stereocenters. The van der Waals surface area contributed by atoms with Crippen molar-refractivity contribution >= 4 is 5.91 Å². The number of carbonyl (C=O) groups excluding carboxylic acids is 1. The summed E-state index contributed by atoms with van der Waals surface area (Å²) in [7, 11) is 0. The molecule has 0 aliphatic rings. The summed E-state index contributed by atoms with van der Waals surface area (Å²) in [5.74, 6) is 0.718. The van der Waals surface area contributed by atoms with Gasteiger partial charge in [-0.1, -0.05) is 20.8 Å².